The molecule has 0 unspecified atom stereocenters. The van der Waals surface area contributed by atoms with E-state index in [1.807, 2.05) is 31.2 Å². The Bertz CT molecular complexity index is 697. The quantitative estimate of drug-likeness (QED) is 0.459. The molecular formula is C17H16Cl2F2N2OS. The van der Waals surface area contributed by atoms with Crippen molar-refractivity contribution in [2.75, 3.05) is 5.32 Å². The molecule has 2 aromatic rings. The number of amides is 2. The third-order valence-corrected chi connectivity index (χ3v) is 4.54. The smallest absolute Gasteiger partial charge is 0.319 e. The fraction of sp³-hybridized carbons (Fsp3) is 0.235. The molecular weight excluding hydrogens is 389 g/mol. The lowest BCUT2D eigenvalue weighted by molar-refractivity contribution is 0.249. The molecule has 0 aromatic heterocycles. The summed E-state index contributed by atoms with van der Waals surface area (Å²) < 4.78 is 24.6. The zero-order chi connectivity index (χ0) is 18.4. The number of alkyl halides is 4. The number of carbonyl (C=O) groups excluding carboxylic acids is 1. The highest BCUT2D eigenvalue weighted by Gasteiger charge is 2.21. The molecule has 0 aliphatic carbocycles. The number of hydrogen-bond donors (Lipinski definition) is 2. The van der Waals surface area contributed by atoms with Crippen molar-refractivity contribution in [3.8, 4) is 0 Å². The van der Waals surface area contributed by atoms with Gasteiger partial charge in [0.2, 0.25) is 0 Å². The van der Waals surface area contributed by atoms with E-state index in [1.54, 1.807) is 12.1 Å². The summed E-state index contributed by atoms with van der Waals surface area (Å²) in [4.78, 5) is 11.7. The van der Waals surface area contributed by atoms with Crippen LogP contribution >= 0.6 is 35.0 Å². The Morgan fingerprint density at radius 2 is 1.64 bits per heavy atom. The number of halogens is 4. The molecule has 0 radical (unpaired) electrons. The van der Waals surface area contributed by atoms with E-state index in [4.69, 9.17) is 23.2 Å². The molecule has 2 N–H and O–H groups in total. The Morgan fingerprint density at radius 1 is 1.04 bits per heavy atom. The maximum atomic E-state index is 12.3. The van der Waals surface area contributed by atoms with Crippen molar-refractivity contribution in [1.82, 2.24) is 5.32 Å². The number of hydrogen-bond acceptors (Lipinski definition) is 2. The van der Waals surface area contributed by atoms with Gasteiger partial charge in [-0.25, -0.2) is 4.79 Å². The first kappa shape index (κ1) is 19.8. The molecule has 2 aromatic carbocycles. The molecule has 134 valence electrons. The molecule has 0 bridgehead atoms. The second-order valence-corrected chi connectivity index (χ2v) is 7.45. The van der Waals surface area contributed by atoms with Crippen molar-refractivity contribution in [3.63, 3.8) is 0 Å². The van der Waals surface area contributed by atoms with Crippen LogP contribution in [0.15, 0.2) is 53.4 Å². The highest BCUT2D eigenvalue weighted by atomic mass is 35.5. The first-order chi connectivity index (χ1) is 11.8. The van der Waals surface area contributed by atoms with E-state index in [0.29, 0.717) is 22.3 Å². The maximum Gasteiger partial charge on any atom is 0.319 e. The predicted molar refractivity (Wildman–Crippen MR) is 99.9 cm³/mol. The van der Waals surface area contributed by atoms with Gasteiger partial charge < -0.3 is 10.6 Å². The fourth-order valence-corrected chi connectivity index (χ4v) is 3.01. The van der Waals surface area contributed by atoms with Crippen LogP contribution in [0.25, 0.3) is 0 Å². The van der Waals surface area contributed by atoms with Crippen LogP contribution in [0.4, 0.5) is 19.3 Å². The number of anilines is 1. The Labute approximate surface area is 159 Å². The molecule has 0 aliphatic rings. The topological polar surface area (TPSA) is 41.1 Å². The lowest BCUT2D eigenvalue weighted by Gasteiger charge is -2.20. The Balaban J connectivity index is 2.00. The normalized spacial score (nSPS) is 12.3. The Kier molecular flexibility index (Phi) is 7.35. The van der Waals surface area contributed by atoms with Crippen LogP contribution in [0.1, 0.15) is 17.2 Å². The van der Waals surface area contributed by atoms with Gasteiger partial charge in [-0.1, -0.05) is 41.6 Å². The van der Waals surface area contributed by atoms with Crippen molar-refractivity contribution >= 4 is 46.7 Å². The third-order valence-electron chi connectivity index (χ3n) is 3.31. The number of carbonyl (C=O) groups is 1. The summed E-state index contributed by atoms with van der Waals surface area (Å²) in [6.07, 6.45) is 0. The molecule has 1 atom stereocenters. The number of nitrogens with one attached hydrogen (secondary N) is 2. The van der Waals surface area contributed by atoms with E-state index in [9.17, 15) is 13.6 Å². The molecule has 0 saturated carbocycles. The van der Waals surface area contributed by atoms with Gasteiger partial charge in [0.25, 0.3) is 5.76 Å². The lowest BCUT2D eigenvalue weighted by atomic mass is 10.1. The minimum Gasteiger partial charge on any atom is -0.328 e. The highest BCUT2D eigenvalue weighted by molar-refractivity contribution is 7.99. The molecule has 0 saturated heterocycles. The summed E-state index contributed by atoms with van der Waals surface area (Å²) in [5.74, 6) is -2.48. The van der Waals surface area contributed by atoms with Crippen LogP contribution in [0.3, 0.4) is 0 Å². The first-order valence-electron chi connectivity index (χ1n) is 7.32. The highest BCUT2D eigenvalue weighted by Crippen LogP contribution is 2.27. The van der Waals surface area contributed by atoms with Crippen LogP contribution in [0.2, 0.25) is 0 Å². The number of rotatable bonds is 6. The van der Waals surface area contributed by atoms with Crippen molar-refractivity contribution in [2.24, 2.45) is 0 Å². The van der Waals surface area contributed by atoms with Gasteiger partial charge >= 0.3 is 6.03 Å². The number of urea groups is 1. The largest absolute Gasteiger partial charge is 0.328 e. The Morgan fingerprint density at radius 3 is 2.16 bits per heavy atom. The average molecular weight is 405 g/mol. The first-order valence-corrected chi connectivity index (χ1v) is 9.07. The lowest BCUT2D eigenvalue weighted by Crippen LogP contribution is -2.35. The van der Waals surface area contributed by atoms with E-state index >= 15 is 0 Å². The molecule has 25 heavy (non-hydrogen) atoms. The average Bonchev–Trinajstić information content (AvgIpc) is 2.55. The zero-order valence-electron chi connectivity index (χ0n) is 13.2. The van der Waals surface area contributed by atoms with Gasteiger partial charge in [-0.05, 0) is 36.8 Å². The fourth-order valence-electron chi connectivity index (χ4n) is 2.09. The minimum absolute atomic E-state index is 0.417. The summed E-state index contributed by atoms with van der Waals surface area (Å²) in [7, 11) is 0. The molecule has 3 nitrogen and oxygen atoms in total. The van der Waals surface area contributed by atoms with Gasteiger partial charge in [-0.3, -0.25) is 0 Å². The molecule has 0 spiro atoms. The number of thioether (sulfide) groups is 1. The Hall–Kier alpha value is -1.50. The van der Waals surface area contributed by atoms with Crippen molar-refractivity contribution in [1.29, 1.82) is 0 Å². The van der Waals surface area contributed by atoms with E-state index in [1.165, 1.54) is 12.1 Å². The van der Waals surface area contributed by atoms with Gasteiger partial charge in [0.15, 0.2) is 0 Å². The molecule has 2 amide bonds. The SMILES string of the molecule is Cc1ccc([C@H](NC(=O)Nc2ccc(SC(F)F)cc2)C(Cl)Cl)cc1. The summed E-state index contributed by atoms with van der Waals surface area (Å²) in [5, 5.41) is 5.33. The van der Waals surface area contributed by atoms with Gasteiger partial charge in [-0.2, -0.15) is 8.78 Å². The molecule has 2 rings (SSSR count). The monoisotopic (exact) mass is 404 g/mol. The summed E-state index contributed by atoms with van der Waals surface area (Å²) in [6.45, 7) is 1.95. The van der Waals surface area contributed by atoms with Crippen LogP contribution in [0.5, 0.6) is 0 Å². The molecule has 0 aliphatic heterocycles. The van der Waals surface area contributed by atoms with E-state index in [-0.39, 0.29) is 0 Å². The molecule has 0 heterocycles. The summed E-state index contributed by atoms with van der Waals surface area (Å²) in [5.41, 5.74) is 2.33. The van der Waals surface area contributed by atoms with Gasteiger partial charge in [0.05, 0.1) is 6.04 Å². The second kappa shape index (κ2) is 9.27. The van der Waals surface area contributed by atoms with E-state index in [2.05, 4.69) is 10.6 Å². The van der Waals surface area contributed by atoms with Crippen molar-refractivity contribution in [2.45, 2.75) is 28.5 Å². The van der Waals surface area contributed by atoms with Crippen LogP contribution in [-0.2, 0) is 0 Å². The number of aryl methyl sites for hydroxylation is 1. The summed E-state index contributed by atoms with van der Waals surface area (Å²) >= 11 is 12.4. The van der Waals surface area contributed by atoms with Gasteiger partial charge in [0.1, 0.15) is 4.84 Å². The van der Waals surface area contributed by atoms with Gasteiger partial charge in [0, 0.05) is 10.6 Å². The third kappa shape index (κ3) is 6.38. The minimum atomic E-state index is -2.48. The van der Waals surface area contributed by atoms with Crippen LogP contribution < -0.4 is 10.6 Å². The van der Waals surface area contributed by atoms with Crippen LogP contribution in [0, 0.1) is 6.92 Å². The second-order valence-electron chi connectivity index (χ2n) is 5.22. The molecule has 8 heteroatoms. The molecule has 0 fully saturated rings. The number of benzene rings is 2. The van der Waals surface area contributed by atoms with Crippen molar-refractivity contribution < 1.29 is 13.6 Å². The predicted octanol–water partition coefficient (Wildman–Crippen LogP) is 5.98. The van der Waals surface area contributed by atoms with E-state index in [0.717, 1.165) is 11.1 Å². The van der Waals surface area contributed by atoms with Crippen molar-refractivity contribution in [3.05, 3.63) is 59.7 Å². The maximum absolute atomic E-state index is 12.3. The van der Waals surface area contributed by atoms with Crippen LogP contribution in [-0.4, -0.2) is 16.6 Å². The summed E-state index contributed by atoms with van der Waals surface area (Å²) in [6, 6.07) is 12.5. The van der Waals surface area contributed by atoms with E-state index < -0.39 is 22.7 Å². The van der Waals surface area contributed by atoms with Gasteiger partial charge in [-0.15, -0.1) is 23.2 Å². The standard InChI is InChI=1S/C17H16Cl2F2N2OS/c1-10-2-4-11(5-3-10)14(15(18)19)23-17(24)22-12-6-8-13(9-7-12)25-16(20)21/h2-9,14-16H,1H3,(H2,22,23,24)/t14-/m0/s1. The zero-order valence-corrected chi connectivity index (χ0v) is 15.5.